The molecule has 1 amide bonds. The van der Waals surface area contributed by atoms with Crippen LogP contribution in [0.4, 0.5) is 5.69 Å². The molecule has 25 heavy (non-hydrogen) atoms. The van der Waals surface area contributed by atoms with Gasteiger partial charge in [0.25, 0.3) is 0 Å². The summed E-state index contributed by atoms with van der Waals surface area (Å²) in [6.45, 7) is 0.577. The minimum atomic E-state index is -0.266. The van der Waals surface area contributed by atoms with Crippen molar-refractivity contribution in [2.75, 3.05) is 5.32 Å². The first-order valence-corrected chi connectivity index (χ1v) is 8.36. The number of nitrogens with one attached hydrogen (secondary N) is 1. The summed E-state index contributed by atoms with van der Waals surface area (Å²) >= 11 is 0. The topological polar surface area (TPSA) is 60.3 Å². The molecule has 0 bridgehead atoms. The Labute approximate surface area is 145 Å². The van der Waals surface area contributed by atoms with Gasteiger partial charge in [-0.15, -0.1) is 0 Å². The molecule has 0 radical (unpaired) electrons. The molecule has 126 valence electrons. The van der Waals surface area contributed by atoms with Gasteiger partial charge in [0.1, 0.15) is 5.75 Å². The van der Waals surface area contributed by atoms with Crippen LogP contribution in [0.2, 0.25) is 0 Å². The number of para-hydroxylation sites is 1. The molecule has 0 spiro atoms. The number of rotatable bonds is 4. The maximum atomic E-state index is 12.2. The molecule has 0 saturated carbocycles. The van der Waals surface area contributed by atoms with E-state index >= 15 is 0 Å². The third-order valence-corrected chi connectivity index (χ3v) is 4.44. The van der Waals surface area contributed by atoms with Crippen molar-refractivity contribution in [3.8, 4) is 5.75 Å². The van der Waals surface area contributed by atoms with Crippen LogP contribution in [-0.4, -0.2) is 16.4 Å². The van der Waals surface area contributed by atoms with Crippen LogP contribution in [0.1, 0.15) is 18.4 Å². The van der Waals surface area contributed by atoms with Gasteiger partial charge in [0.15, 0.2) is 0 Å². The van der Waals surface area contributed by atoms with Crippen molar-refractivity contribution in [1.82, 2.24) is 4.57 Å². The second kappa shape index (κ2) is 6.43. The van der Waals surface area contributed by atoms with Crippen LogP contribution < -0.4 is 10.1 Å². The van der Waals surface area contributed by atoms with Crippen molar-refractivity contribution in [1.29, 1.82) is 0 Å². The van der Waals surface area contributed by atoms with Gasteiger partial charge in [-0.2, -0.15) is 0 Å². The minimum absolute atomic E-state index is 0.0243. The largest absolute Gasteiger partial charge is 0.426 e. The molecule has 0 saturated heterocycles. The number of fused-ring (bicyclic) bond motifs is 2. The summed E-state index contributed by atoms with van der Waals surface area (Å²) in [5.41, 5.74) is 2.91. The number of nitrogens with zero attached hydrogens (tertiary/aromatic N) is 1. The van der Waals surface area contributed by atoms with Gasteiger partial charge in [-0.3, -0.25) is 9.59 Å². The van der Waals surface area contributed by atoms with Crippen molar-refractivity contribution >= 4 is 28.5 Å². The van der Waals surface area contributed by atoms with Crippen molar-refractivity contribution in [2.24, 2.45) is 0 Å². The van der Waals surface area contributed by atoms with Crippen LogP contribution in [0, 0.1) is 0 Å². The summed E-state index contributed by atoms with van der Waals surface area (Å²) in [6, 6.07) is 15.5. The SMILES string of the molecule is O=C1CCc2cc(OC(=O)CCn3ccc4ccccc43)ccc2N1. The predicted octanol–water partition coefficient (Wildman–Crippen LogP) is 3.52. The highest BCUT2D eigenvalue weighted by molar-refractivity contribution is 5.94. The zero-order valence-corrected chi connectivity index (χ0v) is 13.7. The Hall–Kier alpha value is -3.08. The summed E-state index contributed by atoms with van der Waals surface area (Å²) in [4.78, 5) is 23.5. The zero-order chi connectivity index (χ0) is 17.2. The molecule has 3 aromatic rings. The number of carbonyl (C=O) groups is 2. The van der Waals surface area contributed by atoms with Crippen LogP contribution in [0.25, 0.3) is 10.9 Å². The number of hydrogen-bond acceptors (Lipinski definition) is 3. The fourth-order valence-corrected chi connectivity index (χ4v) is 3.15. The molecule has 2 heterocycles. The van der Waals surface area contributed by atoms with E-state index in [1.54, 1.807) is 12.1 Å². The maximum Gasteiger partial charge on any atom is 0.312 e. The maximum absolute atomic E-state index is 12.2. The second-order valence-corrected chi connectivity index (χ2v) is 6.16. The third kappa shape index (κ3) is 3.26. The molecule has 1 aliphatic rings. The first kappa shape index (κ1) is 15.4. The molecule has 0 unspecified atom stereocenters. The lowest BCUT2D eigenvalue weighted by atomic mass is 10.0. The Bertz CT molecular complexity index is 958. The fraction of sp³-hybridized carbons (Fsp3) is 0.200. The van der Waals surface area contributed by atoms with E-state index in [0.29, 0.717) is 31.6 Å². The lowest BCUT2D eigenvalue weighted by molar-refractivity contribution is -0.134. The van der Waals surface area contributed by atoms with E-state index in [2.05, 4.69) is 16.0 Å². The summed E-state index contributed by atoms with van der Waals surface area (Å²) < 4.78 is 7.51. The highest BCUT2D eigenvalue weighted by Crippen LogP contribution is 2.27. The Morgan fingerprint density at radius 3 is 2.92 bits per heavy atom. The number of carbonyl (C=O) groups excluding carboxylic acids is 2. The fourth-order valence-electron chi connectivity index (χ4n) is 3.15. The summed E-state index contributed by atoms with van der Waals surface area (Å²) in [5, 5.41) is 3.98. The van der Waals surface area contributed by atoms with Crippen LogP contribution >= 0.6 is 0 Å². The highest BCUT2D eigenvalue weighted by Gasteiger charge is 2.16. The Kier molecular flexibility index (Phi) is 3.98. The predicted molar refractivity (Wildman–Crippen MR) is 95.6 cm³/mol. The highest BCUT2D eigenvalue weighted by atomic mass is 16.5. The smallest absolute Gasteiger partial charge is 0.312 e. The molecular formula is C20H18N2O3. The average Bonchev–Trinajstić information content (AvgIpc) is 3.03. The van der Waals surface area contributed by atoms with Crippen LogP contribution in [0.5, 0.6) is 5.75 Å². The Morgan fingerprint density at radius 2 is 2.00 bits per heavy atom. The number of aryl methyl sites for hydroxylation is 2. The van der Waals surface area contributed by atoms with Gasteiger partial charge in [-0.1, -0.05) is 18.2 Å². The molecule has 0 aliphatic carbocycles. The quantitative estimate of drug-likeness (QED) is 0.586. The van der Waals surface area contributed by atoms with E-state index in [4.69, 9.17) is 4.74 Å². The van der Waals surface area contributed by atoms with Gasteiger partial charge in [0, 0.05) is 30.4 Å². The number of esters is 1. The molecule has 1 N–H and O–H groups in total. The van der Waals surface area contributed by atoms with Gasteiger partial charge < -0.3 is 14.6 Å². The van der Waals surface area contributed by atoms with Crippen LogP contribution in [0.15, 0.2) is 54.7 Å². The third-order valence-electron chi connectivity index (χ3n) is 4.44. The normalized spacial score (nSPS) is 13.4. The van der Waals surface area contributed by atoms with E-state index in [0.717, 1.165) is 22.2 Å². The van der Waals surface area contributed by atoms with Crippen molar-refractivity contribution in [3.63, 3.8) is 0 Å². The number of hydrogen-bond donors (Lipinski definition) is 1. The molecule has 5 nitrogen and oxygen atoms in total. The standard InChI is InChI=1S/C20H18N2O3/c23-19-8-5-15-13-16(6-7-17(15)21-19)25-20(24)10-12-22-11-9-14-3-1-2-4-18(14)22/h1-4,6-7,9,11,13H,5,8,10,12H2,(H,21,23). The van der Waals surface area contributed by atoms with Gasteiger partial charge >= 0.3 is 5.97 Å². The van der Waals surface area contributed by atoms with Gasteiger partial charge in [0.2, 0.25) is 5.91 Å². The number of aromatic nitrogens is 1. The molecule has 0 fully saturated rings. The first-order chi connectivity index (χ1) is 12.2. The Balaban J connectivity index is 1.40. The van der Waals surface area contributed by atoms with Crippen LogP contribution in [0.3, 0.4) is 0 Å². The number of anilines is 1. The molecule has 1 aromatic heterocycles. The van der Waals surface area contributed by atoms with E-state index < -0.39 is 0 Å². The summed E-state index contributed by atoms with van der Waals surface area (Å²) in [5.74, 6) is 0.283. The Morgan fingerprint density at radius 1 is 1.12 bits per heavy atom. The van der Waals surface area contributed by atoms with E-state index in [1.807, 2.05) is 36.5 Å². The van der Waals surface area contributed by atoms with Crippen molar-refractivity contribution in [3.05, 3.63) is 60.3 Å². The molecule has 0 atom stereocenters. The molecule has 1 aliphatic heterocycles. The molecule has 2 aromatic carbocycles. The average molecular weight is 334 g/mol. The molecule has 4 rings (SSSR count). The minimum Gasteiger partial charge on any atom is -0.426 e. The van der Waals surface area contributed by atoms with Gasteiger partial charge in [-0.25, -0.2) is 0 Å². The van der Waals surface area contributed by atoms with E-state index in [-0.39, 0.29) is 11.9 Å². The lowest BCUT2D eigenvalue weighted by Gasteiger charge is -2.17. The van der Waals surface area contributed by atoms with Crippen molar-refractivity contribution < 1.29 is 14.3 Å². The van der Waals surface area contributed by atoms with Gasteiger partial charge in [0.05, 0.1) is 6.42 Å². The summed E-state index contributed by atoms with van der Waals surface area (Å²) in [7, 11) is 0. The number of benzene rings is 2. The van der Waals surface area contributed by atoms with Gasteiger partial charge in [-0.05, 0) is 47.7 Å². The zero-order valence-electron chi connectivity index (χ0n) is 13.7. The lowest BCUT2D eigenvalue weighted by Crippen LogP contribution is -2.19. The van der Waals surface area contributed by atoms with Crippen LogP contribution in [-0.2, 0) is 22.6 Å². The van der Waals surface area contributed by atoms with E-state index in [9.17, 15) is 9.59 Å². The molecular weight excluding hydrogens is 316 g/mol. The molecule has 5 heteroatoms. The number of ether oxygens (including phenoxy) is 1. The number of amides is 1. The van der Waals surface area contributed by atoms with E-state index in [1.165, 1.54) is 0 Å². The van der Waals surface area contributed by atoms with Crippen molar-refractivity contribution in [2.45, 2.75) is 25.8 Å². The monoisotopic (exact) mass is 334 g/mol. The summed E-state index contributed by atoms with van der Waals surface area (Å²) in [6.07, 6.45) is 3.42. The second-order valence-electron chi connectivity index (χ2n) is 6.16. The first-order valence-electron chi connectivity index (χ1n) is 8.36.